The van der Waals surface area contributed by atoms with Crippen LogP contribution in [0.4, 0.5) is 0 Å². The van der Waals surface area contributed by atoms with Gasteiger partial charge in [0.05, 0.1) is 0 Å². The molecule has 2 aliphatic rings. The van der Waals surface area contributed by atoms with Crippen molar-refractivity contribution in [3.05, 3.63) is 70.6 Å². The number of hydrogen-bond acceptors (Lipinski definition) is 4. The molecule has 3 aromatic rings. The van der Waals surface area contributed by atoms with Gasteiger partial charge in [-0.1, -0.05) is 75.3 Å². The van der Waals surface area contributed by atoms with Crippen molar-refractivity contribution in [2.45, 2.75) is 89.5 Å². The molecule has 1 aromatic heterocycles. The van der Waals surface area contributed by atoms with Gasteiger partial charge in [-0.25, -0.2) is 0 Å². The lowest BCUT2D eigenvalue weighted by Gasteiger charge is -2.42. The number of aromatic nitrogens is 2. The number of nitrogens with two attached hydrogens (primary N) is 1. The summed E-state index contributed by atoms with van der Waals surface area (Å²) < 4.78 is 5.52. The number of hydrogen-bond donors (Lipinski definition) is 2. The van der Waals surface area contributed by atoms with Crippen LogP contribution in [0.1, 0.15) is 81.5 Å². The highest BCUT2D eigenvalue weighted by Crippen LogP contribution is 2.46. The van der Waals surface area contributed by atoms with Crippen molar-refractivity contribution < 1.29 is 4.52 Å². The molecule has 2 aromatic carbocycles. The normalized spacial score (nSPS) is 20.3. The summed E-state index contributed by atoms with van der Waals surface area (Å²) in [6.45, 7) is 10.4. The number of likely N-dealkylation sites (tertiary alicyclic amines) is 1. The van der Waals surface area contributed by atoms with Crippen LogP contribution in [0.2, 0.25) is 0 Å². The smallest absolute Gasteiger partial charge is 0.229 e. The van der Waals surface area contributed by atoms with E-state index in [1.165, 1.54) is 35.1 Å². The van der Waals surface area contributed by atoms with E-state index in [0.717, 1.165) is 37.8 Å². The largest absolute Gasteiger partial charge is 0.370 e. The Morgan fingerprint density at radius 1 is 1.00 bits per heavy atom. The molecule has 1 saturated heterocycles. The summed E-state index contributed by atoms with van der Waals surface area (Å²) in [5.41, 5.74) is 13.0. The Labute approximate surface area is 214 Å². The predicted octanol–water partition coefficient (Wildman–Crippen LogP) is 5.77. The number of aryl methyl sites for hydroxylation is 2. The van der Waals surface area contributed by atoms with Gasteiger partial charge in [-0.15, -0.1) is 0 Å². The molecule has 0 unspecified atom stereocenters. The third-order valence-corrected chi connectivity index (χ3v) is 8.40. The number of guanidine groups is 1. The number of fused-ring (bicyclic) bond motifs is 1. The van der Waals surface area contributed by atoms with Gasteiger partial charge in [0.1, 0.15) is 0 Å². The second-order valence-electron chi connectivity index (χ2n) is 11.9. The maximum atomic E-state index is 7.75. The third kappa shape index (κ3) is 4.91. The van der Waals surface area contributed by atoms with Crippen LogP contribution < -0.4 is 5.73 Å². The highest BCUT2D eigenvalue weighted by molar-refractivity contribution is 5.75. The Hall–Kier alpha value is -3.15. The Bertz CT molecular complexity index is 1240. The molecule has 0 amide bonds. The van der Waals surface area contributed by atoms with Crippen LogP contribution >= 0.6 is 0 Å². The lowest BCUT2D eigenvalue weighted by atomic mass is 9.63. The molecule has 6 nitrogen and oxygen atoms in total. The van der Waals surface area contributed by atoms with Gasteiger partial charge in [-0.05, 0) is 71.6 Å². The molecule has 0 radical (unpaired) electrons. The SMILES string of the molecule is CC1(C)CCC(C)(C)c2cc(CCc3ccc(-c4noc(C[C@@H]5CCCN5C(=N)N)n4)cc3)ccc21. The summed E-state index contributed by atoms with van der Waals surface area (Å²) in [6.07, 6.45) is 7.18. The van der Waals surface area contributed by atoms with Crippen LogP contribution in [0, 0.1) is 5.41 Å². The van der Waals surface area contributed by atoms with Crippen molar-refractivity contribution in [2.75, 3.05) is 6.54 Å². The molecule has 2 heterocycles. The van der Waals surface area contributed by atoms with E-state index in [0.29, 0.717) is 18.1 Å². The van der Waals surface area contributed by atoms with Gasteiger partial charge in [0.2, 0.25) is 11.7 Å². The van der Waals surface area contributed by atoms with E-state index >= 15 is 0 Å². The first-order valence-corrected chi connectivity index (χ1v) is 13.3. The fraction of sp³-hybridized carbons (Fsp3) is 0.500. The molecule has 1 aliphatic heterocycles. The summed E-state index contributed by atoms with van der Waals surface area (Å²) in [6, 6.07) is 15.8. The average molecular weight is 486 g/mol. The van der Waals surface area contributed by atoms with Gasteiger partial charge in [0, 0.05) is 24.6 Å². The first kappa shape index (κ1) is 24.5. The molecule has 6 heteroatoms. The fourth-order valence-corrected chi connectivity index (χ4v) is 5.92. The minimum Gasteiger partial charge on any atom is -0.370 e. The molecule has 1 aliphatic carbocycles. The molecule has 36 heavy (non-hydrogen) atoms. The van der Waals surface area contributed by atoms with Crippen LogP contribution in [0.15, 0.2) is 47.0 Å². The summed E-state index contributed by atoms with van der Waals surface area (Å²) in [5, 5.41) is 11.9. The third-order valence-electron chi connectivity index (χ3n) is 8.40. The number of nitrogens with one attached hydrogen (secondary N) is 1. The van der Waals surface area contributed by atoms with Gasteiger partial charge in [0.25, 0.3) is 0 Å². The molecule has 0 bridgehead atoms. The van der Waals surface area contributed by atoms with Gasteiger partial charge in [-0.3, -0.25) is 5.41 Å². The first-order chi connectivity index (χ1) is 17.1. The predicted molar refractivity (Wildman–Crippen MR) is 144 cm³/mol. The highest BCUT2D eigenvalue weighted by Gasteiger charge is 2.36. The van der Waals surface area contributed by atoms with Gasteiger partial charge in [-0.2, -0.15) is 4.98 Å². The zero-order valence-corrected chi connectivity index (χ0v) is 22.1. The van der Waals surface area contributed by atoms with E-state index in [2.05, 4.69) is 80.3 Å². The molecule has 190 valence electrons. The van der Waals surface area contributed by atoms with Crippen LogP contribution in [0.5, 0.6) is 0 Å². The molecule has 1 atom stereocenters. The molecule has 0 saturated carbocycles. The van der Waals surface area contributed by atoms with E-state index < -0.39 is 0 Å². The lowest BCUT2D eigenvalue weighted by Crippen LogP contribution is -2.41. The molecular weight excluding hydrogens is 446 g/mol. The Kier molecular flexibility index (Phi) is 6.39. The minimum atomic E-state index is 0.121. The minimum absolute atomic E-state index is 0.121. The monoisotopic (exact) mass is 485 g/mol. The summed E-state index contributed by atoms with van der Waals surface area (Å²) >= 11 is 0. The first-order valence-electron chi connectivity index (χ1n) is 13.3. The van der Waals surface area contributed by atoms with Crippen molar-refractivity contribution in [1.29, 1.82) is 5.41 Å². The Balaban J connectivity index is 1.23. The van der Waals surface area contributed by atoms with Crippen LogP contribution in [-0.2, 0) is 30.1 Å². The van der Waals surface area contributed by atoms with E-state index in [1.54, 1.807) is 0 Å². The van der Waals surface area contributed by atoms with Crippen molar-refractivity contribution >= 4 is 5.96 Å². The van der Waals surface area contributed by atoms with Crippen molar-refractivity contribution in [1.82, 2.24) is 15.0 Å². The highest BCUT2D eigenvalue weighted by atomic mass is 16.5. The van der Waals surface area contributed by atoms with E-state index in [1.807, 2.05) is 4.90 Å². The van der Waals surface area contributed by atoms with Crippen molar-refractivity contribution in [2.24, 2.45) is 5.73 Å². The van der Waals surface area contributed by atoms with Crippen LogP contribution in [0.3, 0.4) is 0 Å². The van der Waals surface area contributed by atoms with Gasteiger partial charge < -0.3 is 15.2 Å². The molecule has 3 N–H and O–H groups in total. The number of benzene rings is 2. The van der Waals surface area contributed by atoms with Crippen molar-refractivity contribution in [3.8, 4) is 11.4 Å². The number of rotatable bonds is 6. The fourth-order valence-electron chi connectivity index (χ4n) is 5.92. The quantitative estimate of drug-likeness (QED) is 0.341. The van der Waals surface area contributed by atoms with Crippen LogP contribution in [0.25, 0.3) is 11.4 Å². The molecule has 0 spiro atoms. The van der Waals surface area contributed by atoms with E-state index in [4.69, 9.17) is 15.7 Å². The standard InChI is InChI=1S/C30H39N5O/c1-29(2)15-16-30(3,4)25-18-21(11-14-24(25)29)8-7-20-9-12-22(13-10-20)27-33-26(36-34-27)19-23-6-5-17-35(23)28(31)32/h9-14,18,23H,5-8,15-17,19H2,1-4H3,(H3,31,32)/t23-/m0/s1. The average Bonchev–Trinajstić information content (AvgIpc) is 3.51. The van der Waals surface area contributed by atoms with Gasteiger partial charge in [0.15, 0.2) is 5.96 Å². The van der Waals surface area contributed by atoms with Crippen LogP contribution in [-0.4, -0.2) is 33.6 Å². The van der Waals surface area contributed by atoms with Crippen molar-refractivity contribution in [3.63, 3.8) is 0 Å². The maximum Gasteiger partial charge on any atom is 0.229 e. The van der Waals surface area contributed by atoms with E-state index in [-0.39, 0.29) is 22.8 Å². The lowest BCUT2D eigenvalue weighted by molar-refractivity contribution is 0.320. The summed E-state index contributed by atoms with van der Waals surface area (Å²) in [4.78, 5) is 6.53. The summed E-state index contributed by atoms with van der Waals surface area (Å²) in [7, 11) is 0. The topological polar surface area (TPSA) is 92.0 Å². The molecule has 1 fully saturated rings. The molecular formula is C30H39N5O. The van der Waals surface area contributed by atoms with Gasteiger partial charge >= 0.3 is 0 Å². The Morgan fingerprint density at radius 3 is 2.39 bits per heavy atom. The zero-order chi connectivity index (χ0) is 25.5. The van der Waals surface area contributed by atoms with E-state index in [9.17, 15) is 0 Å². The maximum absolute atomic E-state index is 7.75. The second kappa shape index (κ2) is 9.38. The Morgan fingerprint density at radius 2 is 1.67 bits per heavy atom. The summed E-state index contributed by atoms with van der Waals surface area (Å²) in [5.74, 6) is 1.34. The zero-order valence-electron chi connectivity index (χ0n) is 22.1. The molecule has 5 rings (SSSR count). The number of nitrogens with zero attached hydrogens (tertiary/aromatic N) is 3. The second-order valence-corrected chi connectivity index (χ2v) is 11.9.